The lowest BCUT2D eigenvalue weighted by atomic mass is 10.2. The van der Waals surface area contributed by atoms with E-state index < -0.39 is 0 Å². The zero-order valence-corrected chi connectivity index (χ0v) is 15.3. The van der Waals surface area contributed by atoms with Crippen LogP contribution in [0.1, 0.15) is 23.0 Å². The number of rotatable bonds is 6. The van der Waals surface area contributed by atoms with Gasteiger partial charge in [-0.3, -0.25) is 4.79 Å². The minimum Gasteiger partial charge on any atom is -0.497 e. The number of benzene rings is 1. The van der Waals surface area contributed by atoms with Gasteiger partial charge in [0.05, 0.1) is 7.11 Å². The Morgan fingerprint density at radius 1 is 1.08 bits per heavy atom. The predicted molar refractivity (Wildman–Crippen MR) is 101 cm³/mol. The van der Waals surface area contributed by atoms with Crippen molar-refractivity contribution in [3.63, 3.8) is 0 Å². The number of amides is 1. The highest BCUT2D eigenvalue weighted by atomic mass is 16.5. The second-order valence-electron chi connectivity index (χ2n) is 6.23. The van der Waals surface area contributed by atoms with E-state index in [0.717, 1.165) is 49.9 Å². The lowest BCUT2D eigenvalue weighted by Crippen LogP contribution is -2.46. The molecule has 0 unspecified atom stereocenters. The molecule has 0 atom stereocenters. The number of nitrogens with zero attached hydrogens (tertiary/aromatic N) is 4. The third-order valence-electron chi connectivity index (χ3n) is 4.64. The second-order valence-corrected chi connectivity index (χ2v) is 6.23. The maximum absolute atomic E-state index is 12.3. The van der Waals surface area contributed by atoms with Crippen LogP contribution in [0.15, 0.2) is 36.4 Å². The molecule has 1 saturated heterocycles. The van der Waals surface area contributed by atoms with Crippen molar-refractivity contribution in [3.8, 4) is 5.75 Å². The molecule has 26 heavy (non-hydrogen) atoms. The summed E-state index contributed by atoms with van der Waals surface area (Å²) in [4.78, 5) is 16.9. The molecule has 2 heterocycles. The molecule has 0 saturated carbocycles. The van der Waals surface area contributed by atoms with Gasteiger partial charge < -0.3 is 19.9 Å². The van der Waals surface area contributed by atoms with Crippen molar-refractivity contribution in [1.29, 1.82) is 0 Å². The Kier molecular flexibility index (Phi) is 6.01. The van der Waals surface area contributed by atoms with Gasteiger partial charge >= 0.3 is 0 Å². The summed E-state index contributed by atoms with van der Waals surface area (Å²) in [5.74, 6) is 1.39. The quantitative estimate of drug-likeness (QED) is 0.848. The summed E-state index contributed by atoms with van der Waals surface area (Å²) in [5, 5.41) is 11.2. The maximum atomic E-state index is 12.3. The number of piperazine rings is 1. The Morgan fingerprint density at radius 3 is 2.38 bits per heavy atom. The molecule has 7 nitrogen and oxygen atoms in total. The van der Waals surface area contributed by atoms with Crippen LogP contribution in [0.2, 0.25) is 0 Å². The van der Waals surface area contributed by atoms with E-state index in [1.807, 2.05) is 30.3 Å². The van der Waals surface area contributed by atoms with Crippen LogP contribution in [0.4, 0.5) is 5.82 Å². The molecule has 1 aliphatic heterocycles. The molecule has 1 aromatic heterocycles. The molecule has 1 N–H and O–H groups in total. The minimum atomic E-state index is -0.226. The summed E-state index contributed by atoms with van der Waals surface area (Å²) >= 11 is 0. The topological polar surface area (TPSA) is 70.6 Å². The fourth-order valence-corrected chi connectivity index (χ4v) is 2.92. The normalized spacial score (nSPS) is 14.9. The highest BCUT2D eigenvalue weighted by Crippen LogP contribution is 2.13. The molecular weight excluding hydrogens is 330 g/mol. The number of carbonyl (C=O) groups is 1. The second kappa shape index (κ2) is 8.62. The van der Waals surface area contributed by atoms with E-state index in [4.69, 9.17) is 4.74 Å². The van der Waals surface area contributed by atoms with Gasteiger partial charge in [0.1, 0.15) is 5.75 Å². The fraction of sp³-hybridized carbons (Fsp3) is 0.421. The van der Waals surface area contributed by atoms with E-state index in [2.05, 4.69) is 32.2 Å². The smallest absolute Gasteiger partial charge is 0.272 e. The maximum Gasteiger partial charge on any atom is 0.272 e. The Balaban J connectivity index is 1.53. The lowest BCUT2D eigenvalue weighted by Gasteiger charge is -2.34. The molecule has 1 aromatic carbocycles. The molecule has 2 aromatic rings. The largest absolute Gasteiger partial charge is 0.497 e. The Bertz CT molecular complexity index is 710. The average Bonchev–Trinajstić information content (AvgIpc) is 2.72. The molecule has 138 valence electrons. The van der Waals surface area contributed by atoms with Gasteiger partial charge in [-0.2, -0.15) is 0 Å². The van der Waals surface area contributed by atoms with Crippen LogP contribution in [0, 0.1) is 0 Å². The molecule has 1 amide bonds. The molecule has 7 heteroatoms. The number of aromatic nitrogens is 2. The number of hydrogen-bond donors (Lipinski definition) is 1. The van der Waals surface area contributed by atoms with Crippen molar-refractivity contribution < 1.29 is 9.53 Å². The SMILES string of the molecule is CCN1CCN(c2ccc(C(=O)NCc3ccc(OC)cc3)nn2)CC1. The van der Waals surface area contributed by atoms with E-state index in [9.17, 15) is 4.79 Å². The van der Waals surface area contributed by atoms with E-state index >= 15 is 0 Å². The van der Waals surface area contributed by atoms with Gasteiger partial charge in [-0.25, -0.2) is 0 Å². The third kappa shape index (κ3) is 4.49. The van der Waals surface area contributed by atoms with Gasteiger partial charge in [-0.1, -0.05) is 19.1 Å². The van der Waals surface area contributed by atoms with Crippen LogP contribution in [-0.4, -0.2) is 60.8 Å². The van der Waals surface area contributed by atoms with Crippen molar-refractivity contribution in [3.05, 3.63) is 47.7 Å². The number of nitrogens with one attached hydrogen (secondary N) is 1. The fourth-order valence-electron chi connectivity index (χ4n) is 2.92. The molecule has 0 aliphatic carbocycles. The van der Waals surface area contributed by atoms with Gasteiger partial charge in [0.25, 0.3) is 5.91 Å². The Hall–Kier alpha value is -2.67. The van der Waals surface area contributed by atoms with Crippen molar-refractivity contribution in [2.75, 3.05) is 44.7 Å². The highest BCUT2D eigenvalue weighted by Gasteiger charge is 2.17. The Labute approximate surface area is 154 Å². The monoisotopic (exact) mass is 355 g/mol. The zero-order valence-electron chi connectivity index (χ0n) is 15.3. The van der Waals surface area contributed by atoms with E-state index in [1.54, 1.807) is 13.2 Å². The van der Waals surface area contributed by atoms with Crippen LogP contribution in [0.3, 0.4) is 0 Å². The number of anilines is 1. The van der Waals surface area contributed by atoms with Crippen LogP contribution in [0.25, 0.3) is 0 Å². The predicted octanol–water partition coefficient (Wildman–Crippen LogP) is 1.56. The van der Waals surface area contributed by atoms with Crippen LogP contribution >= 0.6 is 0 Å². The summed E-state index contributed by atoms with van der Waals surface area (Å²) in [6.07, 6.45) is 0. The molecule has 1 aliphatic rings. The zero-order chi connectivity index (χ0) is 18.4. The lowest BCUT2D eigenvalue weighted by molar-refractivity contribution is 0.0945. The van der Waals surface area contributed by atoms with Gasteiger partial charge in [0.2, 0.25) is 0 Å². The van der Waals surface area contributed by atoms with Gasteiger partial charge in [-0.05, 0) is 36.4 Å². The van der Waals surface area contributed by atoms with E-state index in [-0.39, 0.29) is 5.91 Å². The number of ether oxygens (including phenoxy) is 1. The number of likely N-dealkylation sites (N-methyl/N-ethyl adjacent to an activating group) is 1. The molecule has 1 fully saturated rings. The van der Waals surface area contributed by atoms with E-state index in [0.29, 0.717) is 12.2 Å². The molecular formula is C19H25N5O2. The number of methoxy groups -OCH3 is 1. The van der Waals surface area contributed by atoms with E-state index in [1.165, 1.54) is 0 Å². The number of carbonyl (C=O) groups excluding carboxylic acids is 1. The molecule has 3 rings (SSSR count). The highest BCUT2D eigenvalue weighted by molar-refractivity contribution is 5.92. The standard InChI is InChI=1S/C19H25N5O2/c1-3-23-10-12-24(13-11-23)18-9-8-17(21-22-18)19(25)20-14-15-4-6-16(26-2)7-5-15/h4-9H,3,10-14H2,1-2H3,(H,20,25). The third-order valence-corrected chi connectivity index (χ3v) is 4.64. The number of hydrogen-bond acceptors (Lipinski definition) is 6. The van der Waals surface area contributed by atoms with Gasteiger partial charge in [0, 0.05) is 32.7 Å². The average molecular weight is 355 g/mol. The van der Waals surface area contributed by atoms with Gasteiger partial charge in [0.15, 0.2) is 11.5 Å². The van der Waals surface area contributed by atoms with Crippen LogP contribution < -0.4 is 15.0 Å². The first-order valence-corrected chi connectivity index (χ1v) is 8.91. The molecule has 0 spiro atoms. The summed E-state index contributed by atoms with van der Waals surface area (Å²) in [7, 11) is 1.63. The van der Waals surface area contributed by atoms with Crippen molar-refractivity contribution >= 4 is 11.7 Å². The summed E-state index contributed by atoms with van der Waals surface area (Å²) in [6.45, 7) is 7.62. The Morgan fingerprint density at radius 2 is 1.81 bits per heavy atom. The molecule has 0 radical (unpaired) electrons. The van der Waals surface area contributed by atoms with Crippen molar-refractivity contribution in [1.82, 2.24) is 20.4 Å². The first kappa shape index (κ1) is 18.1. The summed E-state index contributed by atoms with van der Waals surface area (Å²) in [6, 6.07) is 11.2. The van der Waals surface area contributed by atoms with Crippen LogP contribution in [0.5, 0.6) is 5.75 Å². The minimum absolute atomic E-state index is 0.226. The first-order chi connectivity index (χ1) is 12.7. The van der Waals surface area contributed by atoms with Crippen LogP contribution in [-0.2, 0) is 6.54 Å². The van der Waals surface area contributed by atoms with Crippen molar-refractivity contribution in [2.45, 2.75) is 13.5 Å². The summed E-state index contributed by atoms with van der Waals surface area (Å²) < 4.78 is 5.13. The first-order valence-electron chi connectivity index (χ1n) is 8.91. The molecule has 0 bridgehead atoms. The van der Waals surface area contributed by atoms with Crippen molar-refractivity contribution in [2.24, 2.45) is 0 Å². The summed E-state index contributed by atoms with van der Waals surface area (Å²) in [5.41, 5.74) is 1.33. The van der Waals surface area contributed by atoms with Gasteiger partial charge in [-0.15, -0.1) is 10.2 Å².